The second-order valence-electron chi connectivity index (χ2n) is 4.84. The van der Waals surface area contributed by atoms with E-state index < -0.39 is 4.92 Å². The fourth-order valence-corrected chi connectivity index (χ4v) is 2.03. The number of rotatable bonds is 4. The quantitative estimate of drug-likeness (QED) is 0.543. The van der Waals surface area contributed by atoms with Crippen LogP contribution in [0.1, 0.15) is 5.82 Å². The Morgan fingerprint density at radius 2 is 1.96 bits per heavy atom. The zero-order chi connectivity index (χ0) is 16.4. The minimum Gasteiger partial charge on any atom is -0.453 e. The fraction of sp³-hybridized carbons (Fsp3) is 0.133. The van der Waals surface area contributed by atoms with E-state index in [2.05, 4.69) is 15.0 Å². The summed E-state index contributed by atoms with van der Waals surface area (Å²) in [5, 5.41) is 10.6. The first-order valence-electron chi connectivity index (χ1n) is 6.77. The van der Waals surface area contributed by atoms with Crippen LogP contribution < -0.4 is 4.74 Å². The Hall–Kier alpha value is -3.29. The van der Waals surface area contributed by atoms with Crippen LogP contribution in [0.5, 0.6) is 11.5 Å². The van der Waals surface area contributed by atoms with Crippen LogP contribution in [0.15, 0.2) is 42.9 Å². The average molecular weight is 311 g/mol. The minimum atomic E-state index is -0.556. The highest BCUT2D eigenvalue weighted by Crippen LogP contribution is 2.26. The van der Waals surface area contributed by atoms with Crippen molar-refractivity contribution in [3.8, 4) is 22.9 Å². The van der Waals surface area contributed by atoms with E-state index in [1.807, 2.05) is 18.5 Å². The third-order valence-electron chi connectivity index (χ3n) is 3.36. The van der Waals surface area contributed by atoms with E-state index in [1.54, 1.807) is 24.5 Å². The second kappa shape index (κ2) is 5.84. The number of hydrogen-bond donors (Lipinski definition) is 0. The molecule has 0 aliphatic rings. The predicted molar refractivity (Wildman–Crippen MR) is 82.1 cm³/mol. The summed E-state index contributed by atoms with van der Waals surface area (Å²) in [4.78, 5) is 22.3. The maximum Gasteiger partial charge on any atom is 0.363 e. The van der Waals surface area contributed by atoms with Crippen LogP contribution >= 0.6 is 0 Å². The van der Waals surface area contributed by atoms with Gasteiger partial charge in [-0.25, -0.2) is 4.98 Å². The molecule has 116 valence electrons. The molecule has 0 amide bonds. The average Bonchev–Trinajstić information content (AvgIpc) is 2.88. The number of aromatic nitrogens is 4. The van der Waals surface area contributed by atoms with Gasteiger partial charge in [0.1, 0.15) is 11.6 Å². The summed E-state index contributed by atoms with van der Waals surface area (Å²) in [6.45, 7) is 1.91. The molecule has 0 unspecified atom stereocenters. The topological polar surface area (TPSA) is 96.0 Å². The molecule has 0 atom stereocenters. The normalized spacial score (nSPS) is 10.5. The molecule has 3 aromatic heterocycles. The van der Waals surface area contributed by atoms with Gasteiger partial charge in [0.15, 0.2) is 11.9 Å². The largest absolute Gasteiger partial charge is 0.453 e. The number of hydrogen-bond acceptors (Lipinski definition) is 6. The molecule has 23 heavy (non-hydrogen) atoms. The molecule has 0 saturated carbocycles. The van der Waals surface area contributed by atoms with Gasteiger partial charge < -0.3 is 19.4 Å². The molecule has 8 heteroatoms. The first kappa shape index (κ1) is 14.6. The van der Waals surface area contributed by atoms with Crippen LogP contribution in [0.3, 0.4) is 0 Å². The Bertz CT molecular complexity index is 858. The smallest absolute Gasteiger partial charge is 0.363 e. The van der Waals surface area contributed by atoms with Crippen LogP contribution in [0.4, 0.5) is 5.82 Å². The van der Waals surface area contributed by atoms with Crippen molar-refractivity contribution < 1.29 is 9.66 Å². The zero-order valence-corrected chi connectivity index (χ0v) is 12.5. The summed E-state index contributed by atoms with van der Waals surface area (Å²) < 4.78 is 7.60. The van der Waals surface area contributed by atoms with E-state index in [-0.39, 0.29) is 5.82 Å². The molecule has 0 aliphatic heterocycles. The molecule has 3 heterocycles. The monoisotopic (exact) mass is 311 g/mol. The van der Waals surface area contributed by atoms with Crippen molar-refractivity contribution in [1.29, 1.82) is 0 Å². The second-order valence-corrected chi connectivity index (χ2v) is 4.84. The van der Waals surface area contributed by atoms with Gasteiger partial charge in [-0.15, -0.1) is 0 Å². The van der Waals surface area contributed by atoms with Gasteiger partial charge in [0.25, 0.3) is 0 Å². The van der Waals surface area contributed by atoms with Crippen molar-refractivity contribution in [2.45, 2.75) is 6.92 Å². The summed E-state index contributed by atoms with van der Waals surface area (Å²) in [7, 11) is 1.91. The number of nitro groups is 1. The van der Waals surface area contributed by atoms with Gasteiger partial charge in [0.2, 0.25) is 0 Å². The van der Waals surface area contributed by atoms with E-state index >= 15 is 0 Å². The van der Waals surface area contributed by atoms with Crippen LogP contribution in [-0.2, 0) is 7.05 Å². The molecule has 8 nitrogen and oxygen atoms in total. The van der Waals surface area contributed by atoms with Gasteiger partial charge in [-0.1, -0.05) is 0 Å². The molecule has 0 radical (unpaired) electrons. The number of aryl methyl sites for hydroxylation is 1. The van der Waals surface area contributed by atoms with Crippen molar-refractivity contribution in [3.05, 3.63) is 58.8 Å². The summed E-state index contributed by atoms with van der Waals surface area (Å²) in [6.07, 6.45) is 4.69. The number of ether oxygens (including phenoxy) is 1. The van der Waals surface area contributed by atoms with Crippen molar-refractivity contribution in [1.82, 2.24) is 19.5 Å². The van der Waals surface area contributed by atoms with Gasteiger partial charge in [-0.05, 0) is 29.0 Å². The first-order chi connectivity index (χ1) is 11.0. The molecule has 3 rings (SSSR count). The summed E-state index contributed by atoms with van der Waals surface area (Å²) in [5.41, 5.74) is 1.59. The molecule has 0 saturated heterocycles. The molecule has 0 bridgehead atoms. The van der Waals surface area contributed by atoms with Gasteiger partial charge in [-0.2, -0.15) is 0 Å². The summed E-state index contributed by atoms with van der Waals surface area (Å²) >= 11 is 0. The van der Waals surface area contributed by atoms with Crippen LogP contribution in [0.25, 0.3) is 11.4 Å². The highest BCUT2D eigenvalue weighted by Gasteiger charge is 2.10. The molecule has 0 aliphatic carbocycles. The summed E-state index contributed by atoms with van der Waals surface area (Å²) in [6, 6.07) is 6.27. The summed E-state index contributed by atoms with van der Waals surface area (Å²) in [5.74, 6) is 1.63. The lowest BCUT2D eigenvalue weighted by molar-refractivity contribution is -0.389. The highest BCUT2D eigenvalue weighted by atomic mass is 16.6. The molecule has 0 aromatic carbocycles. The highest BCUT2D eigenvalue weighted by molar-refractivity contribution is 5.56. The van der Waals surface area contributed by atoms with E-state index in [1.165, 1.54) is 18.3 Å². The van der Waals surface area contributed by atoms with E-state index in [0.29, 0.717) is 11.5 Å². The van der Waals surface area contributed by atoms with Gasteiger partial charge in [0, 0.05) is 25.4 Å². The van der Waals surface area contributed by atoms with E-state index in [4.69, 9.17) is 4.74 Å². The first-order valence-corrected chi connectivity index (χ1v) is 6.77. The molecule has 3 aromatic rings. The van der Waals surface area contributed by atoms with Gasteiger partial charge >= 0.3 is 5.82 Å². The van der Waals surface area contributed by atoms with Crippen molar-refractivity contribution >= 4 is 5.82 Å². The van der Waals surface area contributed by atoms with Crippen molar-refractivity contribution in [3.63, 3.8) is 0 Å². The van der Waals surface area contributed by atoms with Crippen molar-refractivity contribution in [2.24, 2.45) is 7.05 Å². The minimum absolute atomic E-state index is 0.224. The zero-order valence-electron chi connectivity index (χ0n) is 12.5. The number of nitrogens with zero attached hydrogens (tertiary/aromatic N) is 5. The molecule has 0 spiro atoms. The maximum absolute atomic E-state index is 10.6. The Kier molecular flexibility index (Phi) is 3.71. The van der Waals surface area contributed by atoms with Crippen molar-refractivity contribution in [2.75, 3.05) is 0 Å². The lowest BCUT2D eigenvalue weighted by atomic mass is 10.2. The molecule has 0 N–H and O–H groups in total. The third kappa shape index (κ3) is 3.00. The fourth-order valence-electron chi connectivity index (χ4n) is 2.03. The lowest BCUT2D eigenvalue weighted by Gasteiger charge is -2.07. The van der Waals surface area contributed by atoms with Crippen LogP contribution in [0, 0.1) is 17.0 Å². The van der Waals surface area contributed by atoms with Gasteiger partial charge in [0.05, 0.1) is 17.6 Å². The Balaban J connectivity index is 1.85. The molecule has 0 fully saturated rings. The number of imidazole rings is 1. The Morgan fingerprint density at radius 3 is 2.57 bits per heavy atom. The SMILES string of the molecule is Cc1ncc(-c2cc(Oc3ccc([N+](=O)[O-])nc3)ccn2)n1C. The van der Waals surface area contributed by atoms with Gasteiger partial charge in [-0.3, -0.25) is 4.98 Å². The molecular formula is C15H13N5O3. The molecular weight excluding hydrogens is 298 g/mol. The van der Waals surface area contributed by atoms with Crippen LogP contribution in [0.2, 0.25) is 0 Å². The van der Waals surface area contributed by atoms with Crippen LogP contribution in [-0.4, -0.2) is 24.4 Å². The van der Waals surface area contributed by atoms with E-state index in [0.717, 1.165) is 17.2 Å². The van der Waals surface area contributed by atoms with E-state index in [9.17, 15) is 10.1 Å². The standard InChI is InChI=1S/C15H13N5O3/c1-10-17-9-14(19(10)2)13-7-11(5-6-16-13)23-12-3-4-15(18-8-12)20(21)22/h3-9H,1-2H3. The lowest BCUT2D eigenvalue weighted by Crippen LogP contribution is -1.96. The Labute approximate surface area is 131 Å². The third-order valence-corrected chi connectivity index (χ3v) is 3.36. The number of pyridine rings is 2. The Morgan fingerprint density at radius 1 is 1.13 bits per heavy atom. The predicted octanol–water partition coefficient (Wildman–Crippen LogP) is 2.89. The maximum atomic E-state index is 10.6.